The van der Waals surface area contributed by atoms with Gasteiger partial charge < -0.3 is 15.0 Å². The molecule has 1 aliphatic rings. The van der Waals surface area contributed by atoms with Crippen LogP contribution in [0.3, 0.4) is 0 Å². The summed E-state index contributed by atoms with van der Waals surface area (Å²) in [6.07, 6.45) is 3.59. The fraction of sp³-hybridized carbons (Fsp3) is 0.241. The second kappa shape index (κ2) is 10.2. The first-order valence-electron chi connectivity index (χ1n) is 12.1. The van der Waals surface area contributed by atoms with Crippen LogP contribution < -0.4 is 4.90 Å². The van der Waals surface area contributed by atoms with Crippen molar-refractivity contribution in [3.63, 3.8) is 0 Å². The maximum absolute atomic E-state index is 12.8. The van der Waals surface area contributed by atoms with Gasteiger partial charge in [-0.2, -0.15) is 0 Å². The van der Waals surface area contributed by atoms with Crippen molar-refractivity contribution >= 4 is 33.9 Å². The number of anilines is 1. The first kappa shape index (κ1) is 22.9. The molecule has 0 bridgehead atoms. The fourth-order valence-corrected chi connectivity index (χ4v) is 4.67. The molecule has 2 heterocycles. The Morgan fingerprint density at radius 1 is 0.943 bits per heavy atom. The van der Waals surface area contributed by atoms with E-state index in [1.165, 1.54) is 19.3 Å². The molecule has 0 aliphatic carbocycles. The standard InChI is InChI=1S/C29H30N4O2/c1-32(26(34)20-33-18-8-3-9-19-33)23-16-14-22(15-17-23)30-28(21-10-4-2-5-11-21)27-24-12-6-7-13-25(24)31-29(27)35/h2,4-7,10-17,31,35H,3,8-9,18-20H2,1H3. The zero-order chi connectivity index (χ0) is 24.2. The van der Waals surface area contributed by atoms with E-state index in [1.807, 2.05) is 85.9 Å². The normalized spacial score (nSPS) is 14.8. The van der Waals surface area contributed by atoms with Crippen molar-refractivity contribution < 1.29 is 9.90 Å². The van der Waals surface area contributed by atoms with Gasteiger partial charge in [-0.1, -0.05) is 55.0 Å². The summed E-state index contributed by atoms with van der Waals surface area (Å²) < 4.78 is 0. The van der Waals surface area contributed by atoms with Crippen LogP contribution in [0.25, 0.3) is 10.9 Å². The van der Waals surface area contributed by atoms with Gasteiger partial charge in [0.05, 0.1) is 23.5 Å². The van der Waals surface area contributed by atoms with E-state index in [0.717, 1.165) is 40.9 Å². The molecule has 4 aromatic rings. The van der Waals surface area contributed by atoms with Crippen LogP contribution in [-0.4, -0.2) is 53.3 Å². The van der Waals surface area contributed by atoms with Crippen LogP contribution in [0.1, 0.15) is 30.4 Å². The van der Waals surface area contributed by atoms with Crippen LogP contribution >= 0.6 is 0 Å². The van der Waals surface area contributed by atoms with Crippen molar-refractivity contribution in [2.45, 2.75) is 19.3 Å². The van der Waals surface area contributed by atoms with E-state index in [9.17, 15) is 9.90 Å². The molecule has 178 valence electrons. The van der Waals surface area contributed by atoms with Gasteiger partial charge in [-0.05, 0) is 56.3 Å². The fourth-order valence-electron chi connectivity index (χ4n) is 4.67. The Bertz CT molecular complexity index is 1340. The second-order valence-electron chi connectivity index (χ2n) is 9.03. The third kappa shape index (κ3) is 4.98. The molecule has 3 aromatic carbocycles. The summed E-state index contributed by atoms with van der Waals surface area (Å²) in [6.45, 7) is 2.45. The molecule has 0 atom stereocenters. The van der Waals surface area contributed by atoms with E-state index in [0.29, 0.717) is 17.8 Å². The Kier molecular flexibility index (Phi) is 6.64. The summed E-state index contributed by atoms with van der Waals surface area (Å²) in [6, 6.07) is 25.3. The minimum atomic E-state index is 0.0912. The molecule has 1 fully saturated rings. The largest absolute Gasteiger partial charge is 0.494 e. The third-order valence-corrected chi connectivity index (χ3v) is 6.63. The molecule has 6 nitrogen and oxygen atoms in total. The van der Waals surface area contributed by atoms with Crippen molar-refractivity contribution in [1.82, 2.24) is 9.88 Å². The van der Waals surface area contributed by atoms with Crippen LogP contribution in [0.5, 0.6) is 5.88 Å². The molecule has 0 spiro atoms. The summed E-state index contributed by atoms with van der Waals surface area (Å²) in [5, 5.41) is 11.7. The number of nitrogens with zero attached hydrogens (tertiary/aromatic N) is 3. The molecule has 5 rings (SSSR count). The zero-order valence-corrected chi connectivity index (χ0v) is 19.9. The highest BCUT2D eigenvalue weighted by Crippen LogP contribution is 2.31. The maximum atomic E-state index is 12.8. The molecule has 1 aromatic heterocycles. The number of para-hydroxylation sites is 1. The summed E-state index contributed by atoms with van der Waals surface area (Å²) in [5.74, 6) is 0.185. The number of aromatic amines is 1. The molecule has 0 radical (unpaired) electrons. The Hall–Kier alpha value is -3.90. The summed E-state index contributed by atoms with van der Waals surface area (Å²) in [7, 11) is 1.82. The van der Waals surface area contributed by atoms with E-state index < -0.39 is 0 Å². The number of hydrogen-bond acceptors (Lipinski definition) is 4. The van der Waals surface area contributed by atoms with Crippen LogP contribution in [-0.2, 0) is 4.79 Å². The Balaban J connectivity index is 1.44. The molecule has 1 aliphatic heterocycles. The molecule has 0 saturated carbocycles. The zero-order valence-electron chi connectivity index (χ0n) is 19.9. The molecule has 6 heteroatoms. The number of likely N-dealkylation sites (tertiary alicyclic amines) is 1. The van der Waals surface area contributed by atoms with Gasteiger partial charge in [0, 0.05) is 29.2 Å². The summed E-state index contributed by atoms with van der Waals surface area (Å²) in [5.41, 5.74) is 4.70. The van der Waals surface area contributed by atoms with E-state index >= 15 is 0 Å². The average molecular weight is 467 g/mol. The Morgan fingerprint density at radius 2 is 1.63 bits per heavy atom. The van der Waals surface area contributed by atoms with Gasteiger partial charge in [-0.3, -0.25) is 9.69 Å². The van der Waals surface area contributed by atoms with Crippen LogP contribution in [0.15, 0.2) is 83.9 Å². The van der Waals surface area contributed by atoms with Crippen molar-refractivity contribution in [2.24, 2.45) is 4.99 Å². The molecule has 2 N–H and O–H groups in total. The van der Waals surface area contributed by atoms with Crippen molar-refractivity contribution in [3.05, 3.63) is 90.0 Å². The number of hydrogen-bond donors (Lipinski definition) is 2. The number of aromatic hydroxyl groups is 1. The van der Waals surface area contributed by atoms with Crippen LogP contribution in [0.4, 0.5) is 11.4 Å². The Morgan fingerprint density at radius 3 is 2.37 bits per heavy atom. The highest BCUT2D eigenvalue weighted by atomic mass is 16.3. The molecular weight excluding hydrogens is 436 g/mol. The minimum Gasteiger partial charge on any atom is -0.494 e. The number of H-pyrrole nitrogens is 1. The lowest BCUT2D eigenvalue weighted by atomic mass is 10.0. The predicted molar refractivity (Wildman–Crippen MR) is 142 cm³/mol. The number of likely N-dealkylation sites (N-methyl/N-ethyl adjacent to an activating group) is 1. The first-order chi connectivity index (χ1) is 17.1. The number of carbonyl (C=O) groups is 1. The molecule has 1 amide bonds. The summed E-state index contributed by atoms with van der Waals surface area (Å²) in [4.78, 5) is 24.8. The number of rotatable bonds is 6. The van der Waals surface area contributed by atoms with Gasteiger partial charge in [-0.15, -0.1) is 0 Å². The van der Waals surface area contributed by atoms with Gasteiger partial charge in [0.15, 0.2) is 5.88 Å². The monoisotopic (exact) mass is 466 g/mol. The molecular formula is C29H30N4O2. The van der Waals surface area contributed by atoms with Crippen molar-refractivity contribution in [1.29, 1.82) is 0 Å². The smallest absolute Gasteiger partial charge is 0.240 e. The van der Waals surface area contributed by atoms with Crippen molar-refractivity contribution in [2.75, 3.05) is 31.6 Å². The number of nitrogens with one attached hydrogen (secondary N) is 1. The highest BCUT2D eigenvalue weighted by molar-refractivity contribution is 6.21. The van der Waals surface area contributed by atoms with E-state index in [2.05, 4.69) is 9.88 Å². The Labute approximate surface area is 205 Å². The third-order valence-electron chi connectivity index (χ3n) is 6.63. The lowest BCUT2D eigenvalue weighted by Gasteiger charge is -2.28. The van der Waals surface area contributed by atoms with E-state index in [1.54, 1.807) is 4.90 Å². The van der Waals surface area contributed by atoms with Gasteiger partial charge in [0.2, 0.25) is 5.91 Å². The lowest BCUT2D eigenvalue weighted by Crippen LogP contribution is -2.40. The van der Waals surface area contributed by atoms with E-state index in [-0.39, 0.29) is 11.8 Å². The first-order valence-corrected chi connectivity index (χ1v) is 12.1. The number of piperidine rings is 1. The van der Waals surface area contributed by atoms with Crippen LogP contribution in [0, 0.1) is 0 Å². The maximum Gasteiger partial charge on any atom is 0.240 e. The predicted octanol–water partition coefficient (Wildman–Crippen LogP) is 5.49. The number of carbonyl (C=O) groups excluding carboxylic acids is 1. The van der Waals surface area contributed by atoms with Gasteiger partial charge >= 0.3 is 0 Å². The molecule has 1 saturated heterocycles. The quantitative estimate of drug-likeness (QED) is 0.369. The second-order valence-corrected chi connectivity index (χ2v) is 9.03. The number of aliphatic imine (C=N–C) groups is 1. The number of amides is 1. The topological polar surface area (TPSA) is 71.9 Å². The molecule has 0 unspecified atom stereocenters. The van der Waals surface area contributed by atoms with E-state index in [4.69, 9.17) is 4.99 Å². The van der Waals surface area contributed by atoms with Crippen LogP contribution in [0.2, 0.25) is 0 Å². The minimum absolute atomic E-state index is 0.0912. The number of fused-ring (bicyclic) bond motifs is 1. The lowest BCUT2D eigenvalue weighted by molar-refractivity contribution is -0.119. The SMILES string of the molecule is CN(C(=O)CN1CCCCC1)c1ccc(N=C(c2ccccc2)c2c(O)[nH]c3ccccc23)cc1. The van der Waals surface area contributed by atoms with Crippen molar-refractivity contribution in [3.8, 4) is 5.88 Å². The van der Waals surface area contributed by atoms with Gasteiger partial charge in [0.25, 0.3) is 0 Å². The highest BCUT2D eigenvalue weighted by Gasteiger charge is 2.19. The number of aromatic nitrogens is 1. The average Bonchev–Trinajstić information content (AvgIpc) is 3.23. The van der Waals surface area contributed by atoms with Gasteiger partial charge in [-0.25, -0.2) is 4.99 Å². The van der Waals surface area contributed by atoms with Gasteiger partial charge in [0.1, 0.15) is 0 Å². The summed E-state index contributed by atoms with van der Waals surface area (Å²) >= 11 is 0. The molecule has 35 heavy (non-hydrogen) atoms. The number of benzene rings is 3.